The number of ether oxygens (including phenoxy) is 1. The van der Waals surface area contributed by atoms with E-state index in [1.54, 1.807) is 25.1 Å². The van der Waals surface area contributed by atoms with Crippen LogP contribution in [0.2, 0.25) is 0 Å². The van der Waals surface area contributed by atoms with Crippen molar-refractivity contribution in [3.05, 3.63) is 39.9 Å². The van der Waals surface area contributed by atoms with Gasteiger partial charge in [0.2, 0.25) is 5.91 Å². The van der Waals surface area contributed by atoms with Crippen LogP contribution < -0.4 is 10.6 Å². The van der Waals surface area contributed by atoms with E-state index in [0.717, 1.165) is 22.6 Å². The molecule has 0 spiro atoms. The van der Waals surface area contributed by atoms with Gasteiger partial charge in [-0.3, -0.25) is 14.9 Å². The fourth-order valence-corrected chi connectivity index (χ4v) is 3.15. The van der Waals surface area contributed by atoms with E-state index in [2.05, 4.69) is 20.4 Å². The summed E-state index contributed by atoms with van der Waals surface area (Å²) in [5, 5.41) is 5.69. The molecule has 0 radical (unpaired) electrons. The maximum Gasteiger partial charge on any atom is 0.350 e. The van der Waals surface area contributed by atoms with Crippen LogP contribution in [0.25, 0.3) is 0 Å². The Bertz CT molecular complexity index is 828. The third-order valence-electron chi connectivity index (χ3n) is 3.38. The predicted octanol–water partition coefficient (Wildman–Crippen LogP) is 1.99. The van der Waals surface area contributed by atoms with Crippen molar-refractivity contribution in [2.75, 3.05) is 17.7 Å². The van der Waals surface area contributed by atoms with Gasteiger partial charge in [-0.2, -0.15) is 0 Å². The second-order valence-electron chi connectivity index (χ2n) is 4.98. The molecule has 0 fully saturated rings. The zero-order chi connectivity index (χ0) is 16.6. The van der Waals surface area contributed by atoms with Crippen LogP contribution >= 0.6 is 11.3 Å². The average Bonchev–Trinajstić information content (AvgIpc) is 3.07. The largest absolute Gasteiger partial charge is 0.465 e. The molecule has 2 heterocycles. The third kappa shape index (κ3) is 2.93. The minimum Gasteiger partial charge on any atom is -0.465 e. The fraction of sp³-hybridized carbons (Fsp3) is 0.200. The first-order chi connectivity index (χ1) is 11.0. The van der Waals surface area contributed by atoms with E-state index in [1.165, 1.54) is 7.11 Å². The smallest absolute Gasteiger partial charge is 0.350 e. The number of esters is 1. The van der Waals surface area contributed by atoms with Gasteiger partial charge in [0.1, 0.15) is 4.88 Å². The van der Waals surface area contributed by atoms with Gasteiger partial charge in [-0.25, -0.2) is 9.78 Å². The number of methoxy groups -OCH3 is 1. The monoisotopic (exact) mass is 331 g/mol. The molecule has 2 N–H and O–H groups in total. The number of hydrogen-bond acceptors (Lipinski definition) is 6. The summed E-state index contributed by atoms with van der Waals surface area (Å²) in [4.78, 5) is 39.7. The summed E-state index contributed by atoms with van der Waals surface area (Å²) in [6.45, 7) is 1.67. The molecule has 0 aliphatic carbocycles. The molecule has 118 valence electrons. The number of thiazole rings is 1. The quantitative estimate of drug-likeness (QED) is 0.838. The number of hydrogen-bond donors (Lipinski definition) is 2. The highest BCUT2D eigenvalue weighted by atomic mass is 32.1. The summed E-state index contributed by atoms with van der Waals surface area (Å²) in [6, 6.07) is 4.99. The summed E-state index contributed by atoms with van der Waals surface area (Å²) in [6.07, 6.45) is 0.263. The molecule has 0 saturated carbocycles. The number of aryl methyl sites for hydroxylation is 1. The second kappa shape index (κ2) is 5.81. The molecule has 8 heteroatoms. The number of carbonyl (C=O) groups is 3. The van der Waals surface area contributed by atoms with Crippen LogP contribution in [0.15, 0.2) is 18.2 Å². The van der Waals surface area contributed by atoms with Gasteiger partial charge in [0.15, 0.2) is 5.13 Å². The highest BCUT2D eigenvalue weighted by molar-refractivity contribution is 7.17. The SMILES string of the molecule is COC(=O)c1sc(NC(=O)c2ccc3c(c2)CC(=O)N3)nc1C. The van der Waals surface area contributed by atoms with E-state index >= 15 is 0 Å². The number of nitrogens with one attached hydrogen (secondary N) is 2. The van der Waals surface area contributed by atoms with Crippen LogP contribution in [0.5, 0.6) is 0 Å². The van der Waals surface area contributed by atoms with Crippen molar-refractivity contribution in [1.82, 2.24) is 4.98 Å². The summed E-state index contributed by atoms with van der Waals surface area (Å²) >= 11 is 1.06. The Morgan fingerprint density at radius 3 is 2.91 bits per heavy atom. The van der Waals surface area contributed by atoms with Crippen molar-refractivity contribution in [3.63, 3.8) is 0 Å². The number of anilines is 2. The minimum atomic E-state index is -0.484. The molecule has 0 saturated heterocycles. The molecule has 23 heavy (non-hydrogen) atoms. The van der Waals surface area contributed by atoms with Gasteiger partial charge in [0.05, 0.1) is 19.2 Å². The van der Waals surface area contributed by atoms with E-state index in [9.17, 15) is 14.4 Å². The number of rotatable bonds is 3. The number of amides is 2. The summed E-state index contributed by atoms with van der Waals surface area (Å²) in [5.74, 6) is -0.921. The van der Waals surface area contributed by atoms with Gasteiger partial charge in [0.25, 0.3) is 5.91 Å². The van der Waals surface area contributed by atoms with E-state index in [0.29, 0.717) is 21.3 Å². The maximum atomic E-state index is 12.3. The van der Waals surface area contributed by atoms with Crippen molar-refractivity contribution >= 4 is 39.9 Å². The van der Waals surface area contributed by atoms with Crippen molar-refractivity contribution in [1.29, 1.82) is 0 Å². The summed E-state index contributed by atoms with van der Waals surface area (Å²) in [7, 11) is 1.29. The Hall–Kier alpha value is -2.74. The molecule has 0 atom stereocenters. The highest BCUT2D eigenvalue weighted by Gasteiger charge is 2.21. The van der Waals surface area contributed by atoms with Crippen molar-refractivity contribution < 1.29 is 19.1 Å². The lowest BCUT2D eigenvalue weighted by atomic mass is 10.1. The van der Waals surface area contributed by atoms with Crippen LogP contribution in [0.3, 0.4) is 0 Å². The third-order valence-corrected chi connectivity index (χ3v) is 4.43. The highest BCUT2D eigenvalue weighted by Crippen LogP contribution is 2.26. The molecule has 0 unspecified atom stereocenters. The minimum absolute atomic E-state index is 0.0872. The second-order valence-corrected chi connectivity index (χ2v) is 5.98. The van der Waals surface area contributed by atoms with E-state index in [-0.39, 0.29) is 18.2 Å². The number of nitrogens with zero attached hydrogens (tertiary/aromatic N) is 1. The average molecular weight is 331 g/mol. The van der Waals surface area contributed by atoms with Crippen LogP contribution in [0.1, 0.15) is 31.3 Å². The normalized spacial score (nSPS) is 12.5. The molecule has 2 aromatic rings. The molecule has 2 amide bonds. The fourth-order valence-electron chi connectivity index (χ4n) is 2.27. The zero-order valence-electron chi connectivity index (χ0n) is 12.4. The molecule has 0 bridgehead atoms. The molecule has 1 aromatic carbocycles. The topological polar surface area (TPSA) is 97.4 Å². The Kier molecular flexibility index (Phi) is 3.83. The van der Waals surface area contributed by atoms with Gasteiger partial charge >= 0.3 is 5.97 Å². The Morgan fingerprint density at radius 1 is 1.39 bits per heavy atom. The molecule has 7 nitrogen and oxygen atoms in total. The van der Waals surface area contributed by atoms with Crippen LogP contribution in [-0.4, -0.2) is 29.9 Å². The Morgan fingerprint density at radius 2 is 2.17 bits per heavy atom. The van der Waals surface area contributed by atoms with Gasteiger partial charge < -0.3 is 10.1 Å². The molecular formula is C15H13N3O4S. The molecule has 1 aliphatic heterocycles. The number of aromatic nitrogens is 1. The lowest BCUT2D eigenvalue weighted by molar-refractivity contribution is -0.115. The number of carbonyl (C=O) groups excluding carboxylic acids is 3. The Labute approximate surface area is 135 Å². The van der Waals surface area contributed by atoms with Gasteiger partial charge in [-0.1, -0.05) is 11.3 Å². The zero-order valence-corrected chi connectivity index (χ0v) is 13.2. The Balaban J connectivity index is 1.79. The van der Waals surface area contributed by atoms with E-state index in [4.69, 9.17) is 0 Å². The standard InChI is InChI=1S/C15H13N3O4S/c1-7-12(14(21)22-2)23-15(16-7)18-13(20)8-3-4-10-9(5-8)6-11(19)17-10/h3-5H,6H2,1-2H3,(H,17,19)(H,16,18,20). The molecular weight excluding hydrogens is 318 g/mol. The van der Waals surface area contributed by atoms with Crippen LogP contribution in [0, 0.1) is 6.92 Å². The summed E-state index contributed by atoms with van der Waals surface area (Å²) in [5.41, 5.74) is 2.44. The van der Waals surface area contributed by atoms with Gasteiger partial charge in [-0.05, 0) is 30.7 Å². The first-order valence-electron chi connectivity index (χ1n) is 6.78. The lowest BCUT2D eigenvalue weighted by Gasteiger charge is -2.04. The van der Waals surface area contributed by atoms with E-state index < -0.39 is 5.97 Å². The predicted molar refractivity (Wildman–Crippen MR) is 84.9 cm³/mol. The number of fused-ring (bicyclic) bond motifs is 1. The van der Waals surface area contributed by atoms with Crippen LogP contribution in [0.4, 0.5) is 10.8 Å². The molecule has 3 rings (SSSR count). The van der Waals surface area contributed by atoms with Crippen LogP contribution in [-0.2, 0) is 16.0 Å². The van der Waals surface area contributed by atoms with Crippen molar-refractivity contribution in [3.8, 4) is 0 Å². The first kappa shape index (κ1) is 15.2. The van der Waals surface area contributed by atoms with E-state index in [1.807, 2.05) is 0 Å². The lowest BCUT2D eigenvalue weighted by Crippen LogP contribution is -2.11. The van der Waals surface area contributed by atoms with Gasteiger partial charge in [-0.15, -0.1) is 0 Å². The molecule has 1 aromatic heterocycles. The van der Waals surface area contributed by atoms with Crippen molar-refractivity contribution in [2.45, 2.75) is 13.3 Å². The van der Waals surface area contributed by atoms with Gasteiger partial charge in [0, 0.05) is 11.3 Å². The number of benzene rings is 1. The molecule has 1 aliphatic rings. The maximum absolute atomic E-state index is 12.3. The van der Waals surface area contributed by atoms with Crippen molar-refractivity contribution in [2.24, 2.45) is 0 Å². The first-order valence-corrected chi connectivity index (χ1v) is 7.59. The summed E-state index contributed by atoms with van der Waals surface area (Å²) < 4.78 is 4.66.